The third-order valence-corrected chi connectivity index (χ3v) is 2.78. The van der Waals surface area contributed by atoms with Crippen LogP contribution in [0.5, 0.6) is 0 Å². The van der Waals surface area contributed by atoms with Crippen molar-refractivity contribution >= 4 is 5.91 Å². The molecule has 0 unspecified atom stereocenters. The van der Waals surface area contributed by atoms with Crippen molar-refractivity contribution in [3.63, 3.8) is 0 Å². The normalized spacial score (nSPS) is 13.0. The lowest BCUT2D eigenvalue weighted by atomic mass is 10.1. The van der Waals surface area contributed by atoms with Gasteiger partial charge in [0.2, 0.25) is 0 Å². The number of amides is 1. The van der Waals surface area contributed by atoms with Gasteiger partial charge in [-0.05, 0) is 18.6 Å². The summed E-state index contributed by atoms with van der Waals surface area (Å²) in [4.78, 5) is 24.2. The zero-order valence-corrected chi connectivity index (χ0v) is 11.5. The van der Waals surface area contributed by atoms with Crippen molar-refractivity contribution in [3.05, 3.63) is 33.7 Å². The van der Waals surface area contributed by atoms with Crippen LogP contribution in [0.3, 0.4) is 0 Å². The second-order valence-corrected chi connectivity index (χ2v) is 4.52. The molecule has 1 heterocycles. The van der Waals surface area contributed by atoms with Gasteiger partial charge in [-0.25, -0.2) is 0 Å². The van der Waals surface area contributed by atoms with Crippen molar-refractivity contribution in [2.24, 2.45) is 0 Å². The van der Waals surface area contributed by atoms with E-state index >= 15 is 0 Å². The standard InChI is InChI=1S/C12H11F7N2O2/c1-2-5-20-8(22)6-3-4-7(21-9(6)23)10(13,14)11(15,16)12(17,18)19/h3-4H,2,5H2,1H3,(H,20,22)(H,21,23). The van der Waals surface area contributed by atoms with Crippen LogP contribution in [0, 0.1) is 0 Å². The highest BCUT2D eigenvalue weighted by molar-refractivity contribution is 5.93. The Kier molecular flexibility index (Phi) is 5.12. The molecule has 4 nitrogen and oxygen atoms in total. The van der Waals surface area contributed by atoms with Crippen LogP contribution >= 0.6 is 0 Å². The van der Waals surface area contributed by atoms with Crippen molar-refractivity contribution in [2.45, 2.75) is 31.4 Å². The molecule has 0 spiro atoms. The van der Waals surface area contributed by atoms with Crippen LogP contribution in [0.25, 0.3) is 0 Å². The van der Waals surface area contributed by atoms with Crippen LogP contribution in [0.1, 0.15) is 29.4 Å². The molecular formula is C12H11F7N2O2. The summed E-state index contributed by atoms with van der Waals surface area (Å²) in [6.45, 7) is 1.84. The Morgan fingerprint density at radius 1 is 1.13 bits per heavy atom. The summed E-state index contributed by atoms with van der Waals surface area (Å²) in [5.41, 5.74) is -4.14. The Labute approximate surface area is 124 Å². The van der Waals surface area contributed by atoms with Crippen LogP contribution in [-0.4, -0.2) is 29.5 Å². The Hall–Kier alpha value is -2.07. The SMILES string of the molecule is CCCNC(=O)c1ccc(C(F)(F)C(F)(F)C(F)(F)F)[nH]c1=O. The fourth-order valence-electron chi connectivity index (χ4n) is 1.52. The number of H-pyrrole nitrogens is 1. The van der Waals surface area contributed by atoms with Gasteiger partial charge in [-0.15, -0.1) is 0 Å². The largest absolute Gasteiger partial charge is 0.460 e. The third-order valence-electron chi connectivity index (χ3n) is 2.78. The minimum Gasteiger partial charge on any atom is -0.352 e. The van der Waals surface area contributed by atoms with E-state index in [4.69, 9.17) is 0 Å². The summed E-state index contributed by atoms with van der Waals surface area (Å²) in [6.07, 6.45) is -6.03. The van der Waals surface area contributed by atoms with Crippen molar-refractivity contribution in [1.29, 1.82) is 0 Å². The molecule has 1 rings (SSSR count). The molecule has 1 aromatic rings. The summed E-state index contributed by atoms with van der Waals surface area (Å²) >= 11 is 0. The van der Waals surface area contributed by atoms with E-state index < -0.39 is 40.7 Å². The summed E-state index contributed by atoms with van der Waals surface area (Å²) in [5, 5.41) is 2.23. The monoisotopic (exact) mass is 348 g/mol. The molecule has 0 aromatic carbocycles. The molecule has 1 amide bonds. The minimum absolute atomic E-state index is 0.141. The van der Waals surface area contributed by atoms with Gasteiger partial charge in [0.1, 0.15) is 5.56 Å². The predicted octanol–water partition coefficient (Wildman–Crippen LogP) is 2.80. The predicted molar refractivity (Wildman–Crippen MR) is 64.6 cm³/mol. The molecule has 0 radical (unpaired) electrons. The molecule has 23 heavy (non-hydrogen) atoms. The number of alkyl halides is 7. The lowest BCUT2D eigenvalue weighted by Crippen LogP contribution is -2.50. The van der Waals surface area contributed by atoms with Gasteiger partial charge in [0.15, 0.2) is 0 Å². The van der Waals surface area contributed by atoms with Crippen LogP contribution in [-0.2, 0) is 5.92 Å². The summed E-state index contributed by atoms with van der Waals surface area (Å²) in [5.74, 6) is -13.1. The highest BCUT2D eigenvalue weighted by Crippen LogP contribution is 2.50. The third kappa shape index (κ3) is 3.48. The van der Waals surface area contributed by atoms with Gasteiger partial charge in [0.25, 0.3) is 11.5 Å². The van der Waals surface area contributed by atoms with Crippen LogP contribution in [0.4, 0.5) is 30.7 Å². The number of aromatic nitrogens is 1. The number of nitrogens with one attached hydrogen (secondary N) is 2. The van der Waals surface area contributed by atoms with E-state index in [1.807, 2.05) is 0 Å². The van der Waals surface area contributed by atoms with E-state index in [0.29, 0.717) is 12.5 Å². The molecule has 2 N–H and O–H groups in total. The average Bonchev–Trinajstić information content (AvgIpc) is 2.43. The minimum atomic E-state index is -6.52. The van der Waals surface area contributed by atoms with Crippen molar-refractivity contribution in [2.75, 3.05) is 6.54 Å². The van der Waals surface area contributed by atoms with E-state index in [2.05, 4.69) is 5.32 Å². The lowest BCUT2D eigenvalue weighted by Gasteiger charge is -2.27. The number of carbonyl (C=O) groups excluding carboxylic acids is 1. The number of halogens is 7. The van der Waals surface area contributed by atoms with Crippen molar-refractivity contribution in [1.82, 2.24) is 10.3 Å². The topological polar surface area (TPSA) is 62.0 Å². The van der Waals surface area contributed by atoms with E-state index in [0.717, 1.165) is 0 Å². The van der Waals surface area contributed by atoms with Gasteiger partial charge in [-0.1, -0.05) is 6.92 Å². The van der Waals surface area contributed by atoms with Gasteiger partial charge < -0.3 is 10.3 Å². The maximum Gasteiger partial charge on any atom is 0.460 e. The summed E-state index contributed by atoms with van der Waals surface area (Å²) < 4.78 is 88.8. The van der Waals surface area contributed by atoms with Crippen molar-refractivity contribution in [3.8, 4) is 0 Å². The van der Waals surface area contributed by atoms with Gasteiger partial charge in [0.05, 0.1) is 5.69 Å². The summed E-state index contributed by atoms with van der Waals surface area (Å²) in [7, 11) is 0. The first-order valence-corrected chi connectivity index (χ1v) is 6.20. The lowest BCUT2D eigenvalue weighted by molar-refractivity contribution is -0.360. The number of hydrogen-bond acceptors (Lipinski definition) is 2. The molecule has 0 atom stereocenters. The molecule has 0 aliphatic heterocycles. The van der Waals surface area contributed by atoms with E-state index in [9.17, 15) is 40.3 Å². The molecule has 11 heteroatoms. The number of hydrogen-bond donors (Lipinski definition) is 2. The highest BCUT2D eigenvalue weighted by atomic mass is 19.4. The van der Waals surface area contributed by atoms with Gasteiger partial charge in [0, 0.05) is 6.54 Å². The molecule has 0 aliphatic rings. The smallest absolute Gasteiger partial charge is 0.352 e. The Bertz CT molecular complexity index is 637. The molecule has 0 fully saturated rings. The van der Waals surface area contributed by atoms with Crippen LogP contribution in [0.15, 0.2) is 16.9 Å². The zero-order chi connectivity index (χ0) is 18.1. The number of carbonyl (C=O) groups is 1. The zero-order valence-electron chi connectivity index (χ0n) is 11.5. The second-order valence-electron chi connectivity index (χ2n) is 4.52. The molecule has 1 aromatic heterocycles. The van der Waals surface area contributed by atoms with Crippen molar-refractivity contribution < 1.29 is 35.5 Å². The van der Waals surface area contributed by atoms with Gasteiger partial charge >= 0.3 is 18.0 Å². The van der Waals surface area contributed by atoms with Gasteiger partial charge in [-0.2, -0.15) is 30.7 Å². The molecule has 0 aliphatic carbocycles. The fourth-order valence-corrected chi connectivity index (χ4v) is 1.52. The average molecular weight is 348 g/mol. The van der Waals surface area contributed by atoms with E-state index in [-0.39, 0.29) is 12.6 Å². The number of rotatable bonds is 5. The first-order chi connectivity index (χ1) is 10.4. The van der Waals surface area contributed by atoms with Crippen LogP contribution < -0.4 is 10.9 Å². The molecule has 0 saturated carbocycles. The molecular weight excluding hydrogens is 337 g/mol. The number of pyridine rings is 1. The molecule has 0 bridgehead atoms. The Balaban J connectivity index is 3.24. The molecule has 130 valence electrons. The van der Waals surface area contributed by atoms with Gasteiger partial charge in [-0.3, -0.25) is 9.59 Å². The number of aromatic amines is 1. The molecule has 0 saturated heterocycles. The summed E-state index contributed by atoms with van der Waals surface area (Å²) in [6, 6.07) is 0.599. The van der Waals surface area contributed by atoms with E-state index in [1.54, 1.807) is 6.92 Å². The second kappa shape index (κ2) is 6.20. The highest BCUT2D eigenvalue weighted by Gasteiger charge is 2.74. The van der Waals surface area contributed by atoms with E-state index in [1.165, 1.54) is 4.98 Å². The Morgan fingerprint density at radius 3 is 2.13 bits per heavy atom. The maximum atomic E-state index is 13.4. The Morgan fingerprint density at radius 2 is 1.70 bits per heavy atom. The maximum absolute atomic E-state index is 13.4. The quantitative estimate of drug-likeness (QED) is 0.804. The van der Waals surface area contributed by atoms with Crippen LogP contribution in [0.2, 0.25) is 0 Å². The first-order valence-electron chi connectivity index (χ1n) is 6.20. The first kappa shape index (κ1) is 19.0. The fraction of sp³-hybridized carbons (Fsp3) is 0.500.